The number of carbonyl (C=O) groups is 2. The lowest BCUT2D eigenvalue weighted by atomic mass is 9.86. The maximum Gasteiger partial charge on any atom is 0.312 e. The summed E-state index contributed by atoms with van der Waals surface area (Å²) in [5.74, 6) is -0.689. The average Bonchev–Trinajstić information content (AvgIpc) is 3.03. The zero-order valence-corrected chi connectivity index (χ0v) is 13.6. The molecular weight excluding hydrogens is 293 g/mol. The van der Waals surface area contributed by atoms with Gasteiger partial charge in [-0.25, -0.2) is 0 Å². The number of benzene rings is 1. The van der Waals surface area contributed by atoms with Crippen LogP contribution < -0.4 is 10.6 Å². The first kappa shape index (κ1) is 17.5. The Hall–Kier alpha value is -1.86. The molecule has 0 bridgehead atoms. The summed E-state index contributed by atoms with van der Waals surface area (Å²) in [6.07, 6.45) is 1.62. The van der Waals surface area contributed by atoms with E-state index in [0.29, 0.717) is 12.1 Å². The van der Waals surface area contributed by atoms with Crippen LogP contribution in [0.3, 0.4) is 0 Å². The molecule has 0 spiro atoms. The van der Waals surface area contributed by atoms with Crippen LogP contribution in [0.15, 0.2) is 24.3 Å². The van der Waals surface area contributed by atoms with E-state index < -0.39 is 6.04 Å². The van der Waals surface area contributed by atoms with Crippen molar-refractivity contribution in [1.82, 2.24) is 15.5 Å². The molecule has 1 aliphatic heterocycles. The number of rotatable bonds is 6. The molecule has 0 aliphatic carbocycles. The van der Waals surface area contributed by atoms with Gasteiger partial charge in [0.2, 0.25) is 5.91 Å². The molecule has 1 radical (unpaired) electrons. The minimum Gasteiger partial charge on any atom is -0.452 e. The fourth-order valence-corrected chi connectivity index (χ4v) is 2.79. The van der Waals surface area contributed by atoms with Gasteiger partial charge in [-0.2, -0.15) is 0 Å². The van der Waals surface area contributed by atoms with Crippen LogP contribution in [0.4, 0.5) is 0 Å². The zero-order chi connectivity index (χ0) is 16.8. The maximum absolute atomic E-state index is 12.4. The van der Waals surface area contributed by atoms with Gasteiger partial charge in [0.1, 0.15) is 6.04 Å². The normalized spacial score (nSPS) is 18.6. The molecule has 3 N–H and O–H groups in total. The lowest BCUT2D eigenvalue weighted by Gasteiger charge is -2.26. The second-order valence-electron chi connectivity index (χ2n) is 5.81. The number of nitrogens with zero attached hydrogens (tertiary/aromatic N) is 1. The first-order valence-corrected chi connectivity index (χ1v) is 7.89. The second kappa shape index (κ2) is 8.13. The quantitative estimate of drug-likeness (QED) is 0.650. The summed E-state index contributed by atoms with van der Waals surface area (Å²) in [6, 6.07) is 6.64. The molecule has 123 valence electrons. The molecule has 1 aromatic rings. The Morgan fingerprint density at radius 2 is 2.09 bits per heavy atom. The lowest BCUT2D eigenvalue weighted by molar-refractivity contribution is -0.132. The van der Waals surface area contributed by atoms with Crippen molar-refractivity contribution < 1.29 is 14.6 Å². The molecule has 2 atom stereocenters. The van der Waals surface area contributed by atoms with Crippen molar-refractivity contribution in [3.8, 4) is 0 Å². The van der Waals surface area contributed by atoms with Crippen molar-refractivity contribution in [3.05, 3.63) is 35.4 Å². The number of hydrogen-bond donors (Lipinski definition) is 3. The molecule has 1 fully saturated rings. The highest BCUT2D eigenvalue weighted by molar-refractivity contribution is 6.28. The van der Waals surface area contributed by atoms with E-state index in [0.717, 1.165) is 32.4 Å². The molecular formula is C16H23BN3O3. The van der Waals surface area contributed by atoms with Crippen LogP contribution in [0, 0.1) is 0 Å². The Balaban J connectivity index is 1.94. The van der Waals surface area contributed by atoms with Crippen molar-refractivity contribution in [2.45, 2.75) is 38.3 Å². The summed E-state index contributed by atoms with van der Waals surface area (Å²) in [7, 11) is 2.92. The molecule has 2 unspecified atom stereocenters. The summed E-state index contributed by atoms with van der Waals surface area (Å²) in [6.45, 7) is 3.02. The molecule has 0 aromatic heterocycles. The third kappa shape index (κ3) is 4.33. The van der Waals surface area contributed by atoms with Crippen molar-refractivity contribution >= 4 is 19.3 Å². The highest BCUT2D eigenvalue weighted by Gasteiger charge is 2.32. The van der Waals surface area contributed by atoms with Crippen LogP contribution in [0.1, 0.15) is 35.7 Å². The number of hydrogen-bond acceptors (Lipinski definition) is 4. The Bertz CT molecular complexity index is 550. The van der Waals surface area contributed by atoms with E-state index in [2.05, 4.69) is 10.6 Å². The molecule has 1 saturated heterocycles. The van der Waals surface area contributed by atoms with Crippen LogP contribution in [-0.4, -0.2) is 54.8 Å². The van der Waals surface area contributed by atoms with E-state index in [4.69, 9.17) is 0 Å². The van der Waals surface area contributed by atoms with Gasteiger partial charge in [-0.05, 0) is 44.5 Å². The highest BCUT2D eigenvalue weighted by atomic mass is 16.2. The highest BCUT2D eigenvalue weighted by Crippen LogP contribution is 2.17. The van der Waals surface area contributed by atoms with Crippen LogP contribution in [0.5, 0.6) is 0 Å². The van der Waals surface area contributed by atoms with E-state index in [1.165, 1.54) is 0 Å². The number of nitrogens with one attached hydrogen (secondary N) is 2. The Morgan fingerprint density at radius 3 is 2.70 bits per heavy atom. The summed E-state index contributed by atoms with van der Waals surface area (Å²) >= 11 is 0. The minimum atomic E-state index is -0.625. The van der Waals surface area contributed by atoms with Gasteiger partial charge in [0.15, 0.2) is 0 Å². The van der Waals surface area contributed by atoms with Crippen LogP contribution in [0.25, 0.3) is 0 Å². The van der Waals surface area contributed by atoms with Gasteiger partial charge in [-0.3, -0.25) is 9.59 Å². The van der Waals surface area contributed by atoms with Gasteiger partial charge in [0.25, 0.3) is 5.91 Å². The monoisotopic (exact) mass is 316 g/mol. The third-order valence-electron chi connectivity index (χ3n) is 4.07. The van der Waals surface area contributed by atoms with Gasteiger partial charge >= 0.3 is 7.48 Å². The Morgan fingerprint density at radius 1 is 1.39 bits per heavy atom. The van der Waals surface area contributed by atoms with Gasteiger partial charge in [-0.1, -0.05) is 12.1 Å². The molecule has 1 heterocycles. The zero-order valence-electron chi connectivity index (χ0n) is 13.6. The second-order valence-corrected chi connectivity index (χ2v) is 5.81. The predicted octanol–water partition coefficient (Wildman–Crippen LogP) is 0.0843. The number of amides is 2. The summed E-state index contributed by atoms with van der Waals surface area (Å²) in [5.41, 5.74) is 1.61. The van der Waals surface area contributed by atoms with Crippen LogP contribution in [0.2, 0.25) is 0 Å². The van der Waals surface area contributed by atoms with Crippen LogP contribution in [-0.2, 0) is 11.3 Å². The summed E-state index contributed by atoms with van der Waals surface area (Å²) in [5, 5.41) is 15.0. The fourth-order valence-electron chi connectivity index (χ4n) is 2.79. The number of carbonyl (C=O) groups excluding carboxylic acids is 2. The first-order chi connectivity index (χ1) is 11.1. The van der Waals surface area contributed by atoms with Gasteiger partial charge in [0.05, 0.1) is 0 Å². The molecule has 7 heteroatoms. The fraction of sp³-hybridized carbons (Fsp3) is 0.500. The SMILES string of the molecule is CNCc1ccc(C(=O)NC(C)C(=O)N2CCCC2[B]O)cc1. The van der Waals surface area contributed by atoms with Crippen molar-refractivity contribution in [1.29, 1.82) is 0 Å². The Kier molecular flexibility index (Phi) is 6.18. The molecule has 0 saturated carbocycles. The third-order valence-corrected chi connectivity index (χ3v) is 4.07. The predicted molar refractivity (Wildman–Crippen MR) is 88.8 cm³/mol. The van der Waals surface area contributed by atoms with Crippen molar-refractivity contribution in [2.75, 3.05) is 13.6 Å². The smallest absolute Gasteiger partial charge is 0.312 e. The molecule has 1 aromatic carbocycles. The largest absolute Gasteiger partial charge is 0.452 e. The summed E-state index contributed by atoms with van der Waals surface area (Å²) < 4.78 is 0. The number of likely N-dealkylation sites (tertiary alicyclic amines) is 1. The molecule has 2 rings (SSSR count). The van der Waals surface area contributed by atoms with E-state index in [1.54, 1.807) is 24.0 Å². The van der Waals surface area contributed by atoms with Crippen molar-refractivity contribution in [2.24, 2.45) is 0 Å². The summed E-state index contributed by atoms with van der Waals surface area (Å²) in [4.78, 5) is 26.2. The molecule has 2 amide bonds. The minimum absolute atomic E-state index is 0.169. The maximum atomic E-state index is 12.4. The van der Waals surface area contributed by atoms with E-state index >= 15 is 0 Å². The van der Waals surface area contributed by atoms with Gasteiger partial charge in [-0.15, -0.1) is 0 Å². The van der Waals surface area contributed by atoms with Gasteiger partial charge in [0, 0.05) is 24.6 Å². The van der Waals surface area contributed by atoms with E-state index in [1.807, 2.05) is 19.2 Å². The van der Waals surface area contributed by atoms with E-state index in [9.17, 15) is 14.6 Å². The first-order valence-electron chi connectivity index (χ1n) is 7.89. The Labute approximate surface area is 137 Å². The average molecular weight is 316 g/mol. The van der Waals surface area contributed by atoms with Crippen LogP contribution >= 0.6 is 0 Å². The standard InChI is InChI=1S/C16H23BN3O3/c1-11(16(22)20-9-3-4-14(20)17-23)19-15(21)13-7-5-12(6-8-13)10-18-2/h5-8,11,14,18,23H,3-4,9-10H2,1-2H3,(H,19,21). The van der Waals surface area contributed by atoms with Crippen molar-refractivity contribution in [3.63, 3.8) is 0 Å². The molecule has 23 heavy (non-hydrogen) atoms. The lowest BCUT2D eigenvalue weighted by Crippen LogP contribution is -2.49. The van der Waals surface area contributed by atoms with Gasteiger partial charge < -0.3 is 20.6 Å². The molecule has 1 aliphatic rings. The molecule has 6 nitrogen and oxygen atoms in total. The van der Waals surface area contributed by atoms with E-state index in [-0.39, 0.29) is 17.8 Å². The topological polar surface area (TPSA) is 81.7 Å².